The van der Waals surface area contributed by atoms with Crippen LogP contribution in [-0.2, 0) is 25.6 Å². The Labute approximate surface area is 241 Å². The second-order valence-electron chi connectivity index (χ2n) is 9.07. The first kappa shape index (κ1) is 28.4. The smallest absolute Gasteiger partial charge is 0.338 e. The number of carbonyl (C=O) groups is 2. The zero-order valence-electron chi connectivity index (χ0n) is 21.5. The van der Waals surface area contributed by atoms with Gasteiger partial charge in [0.05, 0.1) is 30.9 Å². The summed E-state index contributed by atoms with van der Waals surface area (Å²) in [5.41, 5.74) is 0.881. The van der Waals surface area contributed by atoms with Crippen molar-refractivity contribution < 1.29 is 33.6 Å². The standard InChI is InChI=1S/C30H29NO7S2/c32-18-23-24(37-27(33)21-12-6-2-7-13-21)25(38-28(34)22-14-8-3-9-15-22)26(35-19-20-10-4-1-5-11-20)29(36-23)40-30-31-16-17-39-30/h1-15,23-26,29,32H,16-19H2/t23-,24-,25+,26-,29+/m1/s1. The van der Waals surface area contributed by atoms with Gasteiger partial charge in [-0.05, 0) is 29.8 Å². The predicted molar refractivity (Wildman–Crippen MR) is 154 cm³/mol. The van der Waals surface area contributed by atoms with Crippen LogP contribution in [0.1, 0.15) is 26.3 Å². The number of ether oxygens (including phenoxy) is 4. The summed E-state index contributed by atoms with van der Waals surface area (Å²) in [6, 6.07) is 26.6. The van der Waals surface area contributed by atoms with Gasteiger partial charge in [0.1, 0.15) is 22.0 Å². The van der Waals surface area contributed by atoms with Crippen LogP contribution < -0.4 is 0 Å². The summed E-state index contributed by atoms with van der Waals surface area (Å²) in [6.45, 7) is 0.435. The van der Waals surface area contributed by atoms with Gasteiger partial charge in [0.25, 0.3) is 0 Å². The minimum Gasteiger partial charge on any atom is -0.452 e. The molecule has 0 saturated carbocycles. The molecule has 1 fully saturated rings. The number of aliphatic hydroxyl groups is 1. The lowest BCUT2D eigenvalue weighted by Crippen LogP contribution is -2.61. The van der Waals surface area contributed by atoms with Crippen molar-refractivity contribution in [3.63, 3.8) is 0 Å². The van der Waals surface area contributed by atoms with Crippen molar-refractivity contribution in [1.29, 1.82) is 0 Å². The number of aliphatic imine (C=N–C) groups is 1. The van der Waals surface area contributed by atoms with Gasteiger partial charge in [0, 0.05) is 5.75 Å². The molecular formula is C30H29NO7S2. The fraction of sp³-hybridized carbons (Fsp3) is 0.300. The van der Waals surface area contributed by atoms with Crippen LogP contribution in [0.2, 0.25) is 0 Å². The van der Waals surface area contributed by atoms with E-state index in [0.717, 1.165) is 15.7 Å². The number of carbonyl (C=O) groups excluding carboxylic acids is 2. The SMILES string of the molecule is O=C(O[C@@H]1[C@@H](OCc2ccccc2)[C@H](SC2=NCCS2)O[C@H](CO)[C@H]1OC(=O)c1ccccc1)c1ccccc1. The van der Waals surface area contributed by atoms with Crippen molar-refractivity contribution in [2.45, 2.75) is 36.5 Å². The quantitative estimate of drug-likeness (QED) is 0.365. The van der Waals surface area contributed by atoms with E-state index in [0.29, 0.717) is 17.7 Å². The lowest BCUT2D eigenvalue weighted by molar-refractivity contribution is -0.221. The third-order valence-electron chi connectivity index (χ3n) is 6.34. The molecule has 8 nitrogen and oxygen atoms in total. The summed E-state index contributed by atoms with van der Waals surface area (Å²) in [4.78, 5) is 31.0. The van der Waals surface area contributed by atoms with Gasteiger partial charge in [0.15, 0.2) is 12.2 Å². The molecule has 5 atom stereocenters. The molecule has 40 heavy (non-hydrogen) atoms. The number of hydrogen-bond acceptors (Lipinski definition) is 10. The van der Waals surface area contributed by atoms with Gasteiger partial charge in [0.2, 0.25) is 0 Å². The average Bonchev–Trinajstić information content (AvgIpc) is 3.52. The molecule has 0 aromatic heterocycles. The summed E-state index contributed by atoms with van der Waals surface area (Å²) in [7, 11) is 0. The van der Waals surface area contributed by atoms with Crippen molar-refractivity contribution in [3.8, 4) is 0 Å². The van der Waals surface area contributed by atoms with Crippen LogP contribution in [0, 0.1) is 0 Å². The van der Waals surface area contributed by atoms with Crippen LogP contribution in [0.25, 0.3) is 0 Å². The first-order valence-corrected chi connectivity index (χ1v) is 14.8. The van der Waals surface area contributed by atoms with Gasteiger partial charge in [-0.2, -0.15) is 0 Å². The van der Waals surface area contributed by atoms with Gasteiger partial charge in [-0.3, -0.25) is 4.99 Å². The molecule has 1 saturated heterocycles. The monoisotopic (exact) mass is 579 g/mol. The summed E-state index contributed by atoms with van der Waals surface area (Å²) in [5, 5.41) is 10.3. The average molecular weight is 580 g/mol. The summed E-state index contributed by atoms with van der Waals surface area (Å²) in [5.74, 6) is -0.371. The van der Waals surface area contributed by atoms with E-state index in [1.165, 1.54) is 11.8 Å². The highest BCUT2D eigenvalue weighted by Crippen LogP contribution is 2.38. The Balaban J connectivity index is 1.48. The molecule has 3 aromatic carbocycles. The van der Waals surface area contributed by atoms with E-state index in [1.54, 1.807) is 72.4 Å². The van der Waals surface area contributed by atoms with Crippen molar-refractivity contribution in [1.82, 2.24) is 0 Å². The van der Waals surface area contributed by atoms with Crippen LogP contribution in [0.4, 0.5) is 0 Å². The van der Waals surface area contributed by atoms with Crippen molar-refractivity contribution in [2.75, 3.05) is 18.9 Å². The Morgan fingerprint density at radius 3 is 1.98 bits per heavy atom. The largest absolute Gasteiger partial charge is 0.452 e. The van der Waals surface area contributed by atoms with E-state index in [-0.39, 0.29) is 6.61 Å². The molecular weight excluding hydrogens is 550 g/mol. The Morgan fingerprint density at radius 1 is 0.850 bits per heavy atom. The predicted octanol–water partition coefficient (Wildman–Crippen LogP) is 4.58. The van der Waals surface area contributed by atoms with E-state index in [4.69, 9.17) is 18.9 Å². The first-order chi connectivity index (χ1) is 19.6. The summed E-state index contributed by atoms with van der Waals surface area (Å²) >= 11 is 2.96. The molecule has 5 rings (SSSR count). The third kappa shape index (κ3) is 7.13. The molecule has 208 valence electrons. The van der Waals surface area contributed by atoms with Crippen LogP contribution in [-0.4, -0.2) is 70.2 Å². The Hall–Kier alpha value is -3.15. The Morgan fingerprint density at radius 2 is 1.43 bits per heavy atom. The maximum Gasteiger partial charge on any atom is 0.338 e. The van der Waals surface area contributed by atoms with Crippen molar-refractivity contribution in [3.05, 3.63) is 108 Å². The normalized spacial score (nSPS) is 24.2. The van der Waals surface area contributed by atoms with Crippen LogP contribution in [0.5, 0.6) is 0 Å². The van der Waals surface area contributed by atoms with Gasteiger partial charge >= 0.3 is 11.9 Å². The van der Waals surface area contributed by atoms with Crippen LogP contribution in [0.3, 0.4) is 0 Å². The summed E-state index contributed by atoms with van der Waals surface area (Å²) < 4.78 is 25.5. The number of nitrogens with zero attached hydrogens (tertiary/aromatic N) is 1. The van der Waals surface area contributed by atoms with E-state index in [2.05, 4.69) is 4.99 Å². The Kier molecular flexibility index (Phi) is 9.90. The van der Waals surface area contributed by atoms with Gasteiger partial charge in [-0.15, -0.1) is 0 Å². The van der Waals surface area contributed by atoms with Crippen LogP contribution in [0.15, 0.2) is 96.0 Å². The number of benzene rings is 3. The van der Waals surface area contributed by atoms with Crippen molar-refractivity contribution in [2.24, 2.45) is 4.99 Å². The Bertz CT molecular complexity index is 1290. The third-order valence-corrected chi connectivity index (χ3v) is 8.68. The molecule has 0 aliphatic carbocycles. The lowest BCUT2D eigenvalue weighted by atomic mass is 9.98. The highest BCUT2D eigenvalue weighted by atomic mass is 32.2. The highest BCUT2D eigenvalue weighted by molar-refractivity contribution is 8.39. The number of hydrogen-bond donors (Lipinski definition) is 1. The first-order valence-electron chi connectivity index (χ1n) is 12.9. The number of esters is 2. The fourth-order valence-corrected chi connectivity index (χ4v) is 6.63. The van der Waals surface area contributed by atoms with Gasteiger partial charge in [-0.1, -0.05) is 90.3 Å². The molecule has 0 amide bonds. The zero-order valence-corrected chi connectivity index (χ0v) is 23.2. The van der Waals surface area contributed by atoms with E-state index in [9.17, 15) is 14.7 Å². The van der Waals surface area contributed by atoms with E-state index >= 15 is 0 Å². The van der Waals surface area contributed by atoms with Crippen LogP contribution >= 0.6 is 23.5 Å². The molecule has 1 N–H and O–H groups in total. The van der Waals surface area contributed by atoms with Gasteiger partial charge < -0.3 is 24.1 Å². The molecule has 10 heteroatoms. The molecule has 2 aliphatic heterocycles. The minimum absolute atomic E-state index is 0.202. The molecule has 2 aliphatic rings. The highest BCUT2D eigenvalue weighted by Gasteiger charge is 2.51. The molecule has 3 aromatic rings. The minimum atomic E-state index is -1.14. The zero-order chi connectivity index (χ0) is 27.7. The molecule has 2 heterocycles. The summed E-state index contributed by atoms with van der Waals surface area (Å²) in [6.07, 6.45) is -4.04. The maximum absolute atomic E-state index is 13.3. The molecule has 0 bridgehead atoms. The number of rotatable bonds is 9. The topological polar surface area (TPSA) is 104 Å². The van der Waals surface area contributed by atoms with Crippen molar-refractivity contribution >= 4 is 39.8 Å². The van der Waals surface area contributed by atoms with E-state index < -0.39 is 48.4 Å². The number of thioether (sulfide) groups is 2. The molecule has 0 radical (unpaired) electrons. The van der Waals surface area contributed by atoms with Gasteiger partial charge in [-0.25, -0.2) is 9.59 Å². The maximum atomic E-state index is 13.3. The second kappa shape index (κ2) is 14.0. The second-order valence-corrected chi connectivity index (χ2v) is 11.5. The van der Waals surface area contributed by atoms with E-state index in [1.807, 2.05) is 30.3 Å². The fourth-order valence-electron chi connectivity index (χ4n) is 4.36. The molecule has 0 unspecified atom stereocenters. The molecule has 0 spiro atoms. The lowest BCUT2D eigenvalue weighted by Gasteiger charge is -2.44. The number of aliphatic hydroxyl groups excluding tert-OH is 1.